The van der Waals surface area contributed by atoms with Crippen LogP contribution in [0.5, 0.6) is 0 Å². The summed E-state index contributed by atoms with van der Waals surface area (Å²) in [4.78, 5) is 27.8. The molecule has 0 spiro atoms. The van der Waals surface area contributed by atoms with Crippen LogP contribution in [0.1, 0.15) is 27.4 Å². The number of para-hydroxylation sites is 1. The molecule has 2 aliphatic heterocycles. The molecule has 1 saturated heterocycles. The Labute approximate surface area is 174 Å². The van der Waals surface area contributed by atoms with Gasteiger partial charge in [-0.3, -0.25) is 14.9 Å². The topological polar surface area (TPSA) is 63.4 Å². The van der Waals surface area contributed by atoms with Gasteiger partial charge in [0.25, 0.3) is 0 Å². The van der Waals surface area contributed by atoms with E-state index >= 15 is 0 Å². The minimum absolute atomic E-state index is 0.0936. The van der Waals surface area contributed by atoms with Crippen LogP contribution in [0.15, 0.2) is 91.0 Å². The quantitative estimate of drug-likeness (QED) is 0.368. The predicted octanol–water partition coefficient (Wildman–Crippen LogP) is 4.58. The Morgan fingerprint density at radius 3 is 2.20 bits per heavy atom. The minimum Gasteiger partial charge on any atom is -0.346 e. The van der Waals surface area contributed by atoms with Gasteiger partial charge in [0.05, 0.1) is 5.92 Å². The number of nitrogens with zero attached hydrogens (tertiary/aromatic N) is 2. The number of fused-ring (bicyclic) bond motifs is 3. The van der Waals surface area contributed by atoms with Gasteiger partial charge >= 0.3 is 0 Å². The van der Waals surface area contributed by atoms with E-state index in [0.717, 1.165) is 16.8 Å². The third kappa shape index (κ3) is 2.82. The molecule has 3 aromatic rings. The predicted molar refractivity (Wildman–Crippen MR) is 116 cm³/mol. The summed E-state index contributed by atoms with van der Waals surface area (Å²) in [5.74, 6) is -0.654. The number of carbonyl (C=O) groups excluding carboxylic acids is 1. The van der Waals surface area contributed by atoms with Crippen molar-refractivity contribution >= 4 is 17.5 Å². The van der Waals surface area contributed by atoms with Crippen LogP contribution in [-0.2, 0) is 0 Å². The van der Waals surface area contributed by atoms with Gasteiger partial charge in [0.2, 0.25) is 6.04 Å². The first-order chi connectivity index (χ1) is 14.7. The summed E-state index contributed by atoms with van der Waals surface area (Å²) in [5.41, 5.74) is 3.21. The standard InChI is InChI=1S/C25H20N2O3/c28-25(19-12-5-2-6-13-19)24-22(18-10-3-1-4-11-18)23(27(29)30)21-16-15-17-9-7-8-14-20(17)26(21)24/h1-16,21-24H/t21-,22-,23-,24-/m0/s1. The zero-order valence-electron chi connectivity index (χ0n) is 16.2. The lowest BCUT2D eigenvalue weighted by Crippen LogP contribution is -2.44. The molecular formula is C25H20N2O3. The van der Waals surface area contributed by atoms with Crippen molar-refractivity contribution in [1.82, 2.24) is 0 Å². The van der Waals surface area contributed by atoms with Crippen LogP contribution in [-0.4, -0.2) is 28.8 Å². The largest absolute Gasteiger partial charge is 0.346 e. The smallest absolute Gasteiger partial charge is 0.245 e. The van der Waals surface area contributed by atoms with Crippen molar-refractivity contribution in [3.63, 3.8) is 0 Å². The van der Waals surface area contributed by atoms with Gasteiger partial charge in [0.15, 0.2) is 5.78 Å². The molecular weight excluding hydrogens is 376 g/mol. The average Bonchev–Trinajstić information content (AvgIpc) is 3.16. The lowest BCUT2D eigenvalue weighted by molar-refractivity contribution is -0.524. The van der Waals surface area contributed by atoms with Gasteiger partial charge in [-0.25, -0.2) is 0 Å². The van der Waals surface area contributed by atoms with Gasteiger partial charge in [-0.15, -0.1) is 0 Å². The summed E-state index contributed by atoms with van der Waals surface area (Å²) in [6, 6.07) is 24.2. The van der Waals surface area contributed by atoms with Crippen molar-refractivity contribution in [3.05, 3.63) is 118 Å². The number of nitro groups is 1. The van der Waals surface area contributed by atoms with Gasteiger partial charge in [0.1, 0.15) is 12.1 Å². The van der Waals surface area contributed by atoms with Crippen molar-refractivity contribution in [1.29, 1.82) is 0 Å². The lowest BCUT2D eigenvalue weighted by Gasteiger charge is -2.34. The molecule has 0 N–H and O–H groups in total. The first-order valence-electron chi connectivity index (χ1n) is 10.00. The van der Waals surface area contributed by atoms with Crippen LogP contribution in [0.3, 0.4) is 0 Å². The van der Waals surface area contributed by atoms with Crippen LogP contribution in [0.4, 0.5) is 5.69 Å². The van der Waals surface area contributed by atoms with E-state index in [-0.39, 0.29) is 10.7 Å². The third-order valence-corrected chi connectivity index (χ3v) is 6.12. The van der Waals surface area contributed by atoms with E-state index in [9.17, 15) is 14.9 Å². The van der Waals surface area contributed by atoms with Crippen molar-refractivity contribution in [2.45, 2.75) is 24.0 Å². The summed E-state index contributed by atoms with van der Waals surface area (Å²) in [6.45, 7) is 0. The van der Waals surface area contributed by atoms with Gasteiger partial charge in [0, 0.05) is 16.2 Å². The van der Waals surface area contributed by atoms with Crippen LogP contribution < -0.4 is 4.90 Å². The minimum atomic E-state index is -0.922. The zero-order chi connectivity index (χ0) is 20.7. The second kappa shape index (κ2) is 7.26. The van der Waals surface area contributed by atoms with Crippen molar-refractivity contribution in [2.75, 3.05) is 4.90 Å². The number of hydrogen-bond donors (Lipinski definition) is 0. The highest BCUT2D eigenvalue weighted by Crippen LogP contribution is 2.46. The maximum absolute atomic E-state index is 13.8. The Hall–Kier alpha value is -3.73. The maximum Gasteiger partial charge on any atom is 0.245 e. The molecule has 5 heteroatoms. The maximum atomic E-state index is 13.8. The van der Waals surface area contributed by atoms with E-state index in [1.54, 1.807) is 12.1 Å². The molecule has 0 aromatic heterocycles. The van der Waals surface area contributed by atoms with Crippen LogP contribution in [0.25, 0.3) is 6.08 Å². The molecule has 5 rings (SSSR count). The summed E-state index contributed by atoms with van der Waals surface area (Å²) in [5, 5.41) is 12.3. The van der Waals surface area contributed by atoms with Crippen LogP contribution >= 0.6 is 0 Å². The SMILES string of the molecule is O=C(c1ccccc1)[C@@H]1[C@@H](c2ccccc2)[C@@H]([N+](=O)[O-])[C@@H]2C=Cc3ccccc3N12. The second-order valence-corrected chi connectivity index (χ2v) is 7.70. The van der Waals surface area contributed by atoms with Gasteiger partial charge in [-0.1, -0.05) is 91.0 Å². The number of carbonyl (C=O) groups is 1. The first-order valence-corrected chi connectivity index (χ1v) is 10.00. The molecule has 30 heavy (non-hydrogen) atoms. The molecule has 4 atom stereocenters. The molecule has 5 nitrogen and oxygen atoms in total. The molecule has 0 radical (unpaired) electrons. The number of benzene rings is 3. The summed E-state index contributed by atoms with van der Waals surface area (Å²) in [7, 11) is 0. The molecule has 0 aliphatic carbocycles. The van der Waals surface area contributed by atoms with E-state index in [1.165, 1.54) is 0 Å². The number of Topliss-reactive ketones (excluding diaryl/α,β-unsaturated/α-hetero) is 1. The average molecular weight is 396 g/mol. The Morgan fingerprint density at radius 1 is 0.867 bits per heavy atom. The van der Waals surface area contributed by atoms with E-state index < -0.39 is 24.0 Å². The van der Waals surface area contributed by atoms with E-state index in [2.05, 4.69) is 0 Å². The third-order valence-electron chi connectivity index (χ3n) is 6.12. The highest BCUT2D eigenvalue weighted by Gasteiger charge is 2.58. The number of rotatable bonds is 4. The summed E-state index contributed by atoms with van der Waals surface area (Å²) < 4.78 is 0. The fraction of sp³-hybridized carbons (Fsp3) is 0.160. The Balaban J connectivity index is 1.73. The normalized spacial score (nSPS) is 24.2. The number of anilines is 1. The highest BCUT2D eigenvalue weighted by atomic mass is 16.6. The molecule has 0 unspecified atom stereocenters. The molecule has 148 valence electrons. The first kappa shape index (κ1) is 18.3. The second-order valence-electron chi connectivity index (χ2n) is 7.70. The molecule has 2 heterocycles. The van der Waals surface area contributed by atoms with Gasteiger partial charge in [-0.05, 0) is 17.2 Å². The fourth-order valence-corrected chi connectivity index (χ4v) is 4.88. The van der Waals surface area contributed by atoms with Gasteiger partial charge in [-0.2, -0.15) is 0 Å². The summed E-state index contributed by atoms with van der Waals surface area (Å²) >= 11 is 0. The van der Waals surface area contributed by atoms with Crippen molar-refractivity contribution in [3.8, 4) is 0 Å². The highest BCUT2D eigenvalue weighted by molar-refractivity contribution is 6.04. The van der Waals surface area contributed by atoms with Crippen LogP contribution in [0.2, 0.25) is 0 Å². The molecule has 0 saturated carbocycles. The number of hydrogen-bond acceptors (Lipinski definition) is 4. The van der Waals surface area contributed by atoms with E-state index in [4.69, 9.17) is 0 Å². The molecule has 3 aromatic carbocycles. The summed E-state index contributed by atoms with van der Waals surface area (Å²) in [6.07, 6.45) is 3.81. The Kier molecular flexibility index (Phi) is 4.43. The van der Waals surface area contributed by atoms with Crippen molar-refractivity contribution < 1.29 is 9.72 Å². The van der Waals surface area contributed by atoms with Gasteiger partial charge < -0.3 is 4.90 Å². The van der Waals surface area contributed by atoms with E-state index in [0.29, 0.717) is 5.56 Å². The Bertz CT molecular complexity index is 1130. The number of ketones is 1. The molecule has 1 fully saturated rings. The molecule has 2 aliphatic rings. The zero-order valence-corrected chi connectivity index (χ0v) is 16.2. The van der Waals surface area contributed by atoms with E-state index in [1.807, 2.05) is 89.8 Å². The molecule has 0 amide bonds. The van der Waals surface area contributed by atoms with Crippen molar-refractivity contribution in [2.24, 2.45) is 0 Å². The monoisotopic (exact) mass is 396 g/mol. The fourth-order valence-electron chi connectivity index (χ4n) is 4.88. The Morgan fingerprint density at radius 2 is 1.50 bits per heavy atom. The van der Waals surface area contributed by atoms with Crippen LogP contribution in [0, 0.1) is 10.1 Å². The molecule has 0 bridgehead atoms. The lowest BCUT2D eigenvalue weighted by atomic mass is 9.84.